The van der Waals surface area contributed by atoms with E-state index in [1.165, 1.54) is 6.20 Å². The Morgan fingerprint density at radius 3 is 2.37 bits per heavy atom. The highest BCUT2D eigenvalue weighted by Crippen LogP contribution is 2.35. The molecule has 1 fully saturated rings. The molecular weight excluding hydrogens is 480 g/mol. The van der Waals surface area contributed by atoms with Gasteiger partial charge in [0, 0.05) is 25.8 Å². The number of hydrogen-bond donors (Lipinski definition) is 1. The summed E-state index contributed by atoms with van der Waals surface area (Å²) in [5, 5.41) is 5.94. The van der Waals surface area contributed by atoms with E-state index < -0.39 is 40.8 Å². The lowest BCUT2D eigenvalue weighted by atomic mass is 10.1. The summed E-state index contributed by atoms with van der Waals surface area (Å²) in [5.74, 6) is -0.363. The van der Waals surface area contributed by atoms with Crippen LogP contribution in [0.15, 0.2) is 48.8 Å². The van der Waals surface area contributed by atoms with Crippen molar-refractivity contribution in [2.75, 3.05) is 31.2 Å². The molecule has 0 saturated carbocycles. The van der Waals surface area contributed by atoms with Gasteiger partial charge in [0.15, 0.2) is 5.69 Å². The zero-order chi connectivity index (χ0) is 25.2. The third-order valence-electron chi connectivity index (χ3n) is 5.30. The maximum atomic E-state index is 13.8. The molecule has 1 N–H and O–H groups in total. The molecule has 3 aromatic rings. The Morgan fingerprint density at radius 1 is 1.00 bits per heavy atom. The van der Waals surface area contributed by atoms with Crippen molar-refractivity contribution >= 4 is 11.7 Å². The molecule has 13 heteroatoms. The molecule has 0 aliphatic carbocycles. The third kappa shape index (κ3) is 5.56. The molecule has 0 radical (unpaired) electrons. The topological polar surface area (TPSA) is 72.3 Å². The van der Waals surface area contributed by atoms with Crippen LogP contribution in [-0.2, 0) is 23.6 Å². The van der Waals surface area contributed by atoms with E-state index in [1.807, 2.05) is 4.90 Å². The minimum atomic E-state index is -5.06. The van der Waals surface area contributed by atoms with Gasteiger partial charge in [0.1, 0.15) is 5.82 Å². The van der Waals surface area contributed by atoms with Gasteiger partial charge in [0.2, 0.25) is 0 Å². The lowest BCUT2D eigenvalue weighted by molar-refractivity contribution is -0.143. The Bertz CT molecular complexity index is 1180. The summed E-state index contributed by atoms with van der Waals surface area (Å²) in [6.45, 7) is 2.41. The molecule has 1 saturated heterocycles. The van der Waals surface area contributed by atoms with E-state index in [-0.39, 0.29) is 11.2 Å². The van der Waals surface area contributed by atoms with Crippen molar-refractivity contribution in [1.29, 1.82) is 0 Å². The number of ether oxygens (including phenoxy) is 1. The summed E-state index contributed by atoms with van der Waals surface area (Å²) >= 11 is 0. The van der Waals surface area contributed by atoms with Crippen molar-refractivity contribution < 1.29 is 35.9 Å². The second-order valence-corrected chi connectivity index (χ2v) is 7.67. The van der Waals surface area contributed by atoms with Crippen molar-refractivity contribution in [2.24, 2.45) is 0 Å². The fourth-order valence-corrected chi connectivity index (χ4v) is 3.58. The Morgan fingerprint density at radius 2 is 1.74 bits per heavy atom. The summed E-state index contributed by atoms with van der Waals surface area (Å²) < 4.78 is 86.1. The predicted octanol–water partition coefficient (Wildman–Crippen LogP) is 4.07. The van der Waals surface area contributed by atoms with Gasteiger partial charge < -0.3 is 15.0 Å². The maximum Gasteiger partial charge on any atom is 0.434 e. The molecule has 1 aromatic carbocycles. The van der Waals surface area contributed by atoms with E-state index in [9.17, 15) is 31.1 Å². The van der Waals surface area contributed by atoms with Gasteiger partial charge in [-0.25, -0.2) is 9.67 Å². The monoisotopic (exact) mass is 499 g/mol. The number of amides is 1. The predicted molar refractivity (Wildman–Crippen MR) is 112 cm³/mol. The van der Waals surface area contributed by atoms with E-state index in [0.29, 0.717) is 49.9 Å². The number of aromatic nitrogens is 3. The Balaban J connectivity index is 1.53. The largest absolute Gasteiger partial charge is 0.434 e. The molecule has 2 aromatic heterocycles. The molecule has 186 valence electrons. The zero-order valence-electron chi connectivity index (χ0n) is 18.0. The Hall–Kier alpha value is -3.61. The SMILES string of the molecule is O=C(NCc1ccc(N2CCOCC2)nc1)c1cnn(-c2cccc(C(F)(F)F)c2)c1C(F)(F)F. The molecule has 1 aliphatic rings. The molecule has 0 unspecified atom stereocenters. The number of nitrogens with one attached hydrogen (secondary N) is 1. The van der Waals surface area contributed by atoms with Crippen LogP contribution in [0.2, 0.25) is 0 Å². The van der Waals surface area contributed by atoms with E-state index in [2.05, 4.69) is 15.4 Å². The number of hydrogen-bond acceptors (Lipinski definition) is 5. The molecular formula is C22H19F6N5O2. The van der Waals surface area contributed by atoms with E-state index in [1.54, 1.807) is 12.1 Å². The van der Waals surface area contributed by atoms with Crippen LogP contribution in [0.1, 0.15) is 27.2 Å². The summed E-state index contributed by atoms with van der Waals surface area (Å²) in [4.78, 5) is 18.9. The van der Waals surface area contributed by atoms with Crippen molar-refractivity contribution in [3.05, 3.63) is 71.2 Å². The normalized spacial score (nSPS) is 14.7. The lowest BCUT2D eigenvalue weighted by Gasteiger charge is -2.27. The third-order valence-corrected chi connectivity index (χ3v) is 5.30. The first-order valence-corrected chi connectivity index (χ1v) is 10.4. The first-order chi connectivity index (χ1) is 16.5. The number of anilines is 1. The quantitative estimate of drug-likeness (QED) is 0.536. The number of rotatable bonds is 5. The summed E-state index contributed by atoms with van der Waals surface area (Å²) in [6.07, 6.45) is -7.63. The Kier molecular flexibility index (Phi) is 6.70. The number of carbonyl (C=O) groups is 1. The zero-order valence-corrected chi connectivity index (χ0v) is 18.0. The average molecular weight is 499 g/mol. The Labute approximate surface area is 195 Å². The highest BCUT2D eigenvalue weighted by atomic mass is 19.4. The molecule has 1 amide bonds. The lowest BCUT2D eigenvalue weighted by Crippen LogP contribution is -2.36. The van der Waals surface area contributed by atoms with E-state index >= 15 is 0 Å². The standard InChI is InChI=1S/C22H19F6N5O2/c23-21(24,25)15-2-1-3-16(10-15)33-19(22(26,27)28)17(13-31-33)20(34)30-12-14-4-5-18(29-11-14)32-6-8-35-9-7-32/h1-5,10-11,13H,6-9,12H2,(H,30,34). The van der Waals surface area contributed by atoms with Crippen LogP contribution in [-0.4, -0.2) is 47.0 Å². The number of halogens is 6. The van der Waals surface area contributed by atoms with Gasteiger partial charge in [0.25, 0.3) is 5.91 Å². The van der Waals surface area contributed by atoms with Gasteiger partial charge in [-0.15, -0.1) is 0 Å². The fraction of sp³-hybridized carbons (Fsp3) is 0.318. The number of morpholine rings is 1. The number of pyridine rings is 1. The van der Waals surface area contributed by atoms with Gasteiger partial charge in [0.05, 0.1) is 36.2 Å². The number of alkyl halides is 6. The fourth-order valence-electron chi connectivity index (χ4n) is 3.58. The van der Waals surface area contributed by atoms with Crippen LogP contribution in [0.25, 0.3) is 5.69 Å². The van der Waals surface area contributed by atoms with Gasteiger partial charge in [-0.05, 0) is 29.8 Å². The molecule has 0 bridgehead atoms. The molecule has 35 heavy (non-hydrogen) atoms. The average Bonchev–Trinajstić information content (AvgIpc) is 3.29. The minimum Gasteiger partial charge on any atom is -0.378 e. The molecule has 7 nitrogen and oxygen atoms in total. The van der Waals surface area contributed by atoms with Gasteiger partial charge >= 0.3 is 12.4 Å². The van der Waals surface area contributed by atoms with Crippen molar-refractivity contribution in [3.8, 4) is 5.69 Å². The smallest absolute Gasteiger partial charge is 0.378 e. The molecule has 4 rings (SSSR count). The van der Waals surface area contributed by atoms with E-state index in [0.717, 1.165) is 18.2 Å². The first-order valence-electron chi connectivity index (χ1n) is 10.4. The van der Waals surface area contributed by atoms with Crippen LogP contribution in [0.5, 0.6) is 0 Å². The molecule has 3 heterocycles. The highest BCUT2D eigenvalue weighted by molar-refractivity contribution is 5.95. The van der Waals surface area contributed by atoms with Gasteiger partial charge in [-0.2, -0.15) is 31.4 Å². The molecule has 0 atom stereocenters. The number of nitrogens with zero attached hydrogens (tertiary/aromatic N) is 4. The minimum absolute atomic E-state index is 0.110. The van der Waals surface area contributed by atoms with Crippen LogP contribution >= 0.6 is 0 Å². The summed E-state index contributed by atoms with van der Waals surface area (Å²) in [7, 11) is 0. The number of carbonyl (C=O) groups excluding carboxylic acids is 1. The first kappa shape index (κ1) is 24.5. The number of benzene rings is 1. The summed E-state index contributed by atoms with van der Waals surface area (Å²) in [6, 6.07) is 6.69. The second-order valence-electron chi connectivity index (χ2n) is 7.67. The van der Waals surface area contributed by atoms with Crippen LogP contribution in [0.3, 0.4) is 0 Å². The van der Waals surface area contributed by atoms with Crippen LogP contribution in [0.4, 0.5) is 32.2 Å². The maximum absolute atomic E-state index is 13.8. The van der Waals surface area contributed by atoms with Crippen LogP contribution in [0, 0.1) is 0 Å². The summed E-state index contributed by atoms with van der Waals surface area (Å²) in [5.41, 5.74) is -3.36. The van der Waals surface area contributed by atoms with Gasteiger partial charge in [-0.3, -0.25) is 4.79 Å². The van der Waals surface area contributed by atoms with Crippen molar-refractivity contribution in [1.82, 2.24) is 20.1 Å². The van der Waals surface area contributed by atoms with Crippen LogP contribution < -0.4 is 10.2 Å². The van der Waals surface area contributed by atoms with Crippen molar-refractivity contribution in [3.63, 3.8) is 0 Å². The molecule has 1 aliphatic heterocycles. The van der Waals surface area contributed by atoms with Crippen molar-refractivity contribution in [2.45, 2.75) is 18.9 Å². The molecule has 0 spiro atoms. The van der Waals surface area contributed by atoms with E-state index in [4.69, 9.17) is 4.74 Å². The van der Waals surface area contributed by atoms with Gasteiger partial charge in [-0.1, -0.05) is 12.1 Å². The highest BCUT2D eigenvalue weighted by Gasteiger charge is 2.41. The second kappa shape index (κ2) is 9.56.